The molecule has 32 heavy (non-hydrogen) atoms. The maximum absolute atomic E-state index is 6.75. The quantitative estimate of drug-likeness (QED) is 0.305. The Balaban J connectivity index is 0.00000245. The molecule has 0 saturated heterocycles. The number of para-hydroxylation sites is 1. The van der Waals surface area contributed by atoms with Crippen molar-refractivity contribution in [2.24, 2.45) is 0 Å². The Bertz CT molecular complexity index is 1360. The van der Waals surface area contributed by atoms with Crippen LogP contribution in [0, 0.1) is 0 Å². The zero-order valence-corrected chi connectivity index (χ0v) is 20.5. The topological polar surface area (TPSA) is 8.81 Å². The molecule has 0 aliphatic carbocycles. The summed E-state index contributed by atoms with van der Waals surface area (Å²) in [5.41, 5.74) is 6.07. The van der Waals surface area contributed by atoms with E-state index in [0.29, 0.717) is 0 Å². The number of pyridine rings is 1. The van der Waals surface area contributed by atoms with Gasteiger partial charge in [-0.3, -0.25) is 0 Å². The minimum Gasteiger partial charge on any atom is -1.00 e. The third-order valence-electron chi connectivity index (χ3n) is 6.01. The second-order valence-corrected chi connectivity index (χ2v) is 8.45. The summed E-state index contributed by atoms with van der Waals surface area (Å²) in [5, 5.41) is 3.34. The Hall–Kier alpha value is -2.62. The molecule has 0 radical (unpaired) electrons. The summed E-state index contributed by atoms with van der Waals surface area (Å²) in [5.74, 6) is 0. The van der Waals surface area contributed by atoms with Crippen molar-refractivity contribution < 1.29 is 21.5 Å². The van der Waals surface area contributed by atoms with Crippen molar-refractivity contribution in [3.05, 3.63) is 102 Å². The highest BCUT2D eigenvalue weighted by atomic mass is 79.9. The number of nitrogens with zero attached hydrogens (tertiary/aromatic N) is 2. The fourth-order valence-electron chi connectivity index (χ4n) is 4.51. The normalized spacial score (nSPS) is 11.1. The summed E-state index contributed by atoms with van der Waals surface area (Å²) in [6.45, 7) is 4.03. The van der Waals surface area contributed by atoms with Crippen LogP contribution in [0.4, 0.5) is 0 Å². The van der Waals surface area contributed by atoms with Crippen LogP contribution in [0.25, 0.3) is 33.1 Å². The molecule has 162 valence electrons. The highest BCUT2D eigenvalue weighted by molar-refractivity contribution is 6.33. The Kier molecular flexibility index (Phi) is 6.98. The van der Waals surface area contributed by atoms with Crippen LogP contribution in [-0.4, -0.2) is 4.57 Å². The first-order valence-electron chi connectivity index (χ1n) is 11.0. The van der Waals surface area contributed by atoms with Crippen LogP contribution in [0.2, 0.25) is 5.02 Å². The molecule has 0 amide bonds. The zero-order chi connectivity index (χ0) is 21.2. The van der Waals surface area contributed by atoms with Gasteiger partial charge in [0.05, 0.1) is 10.6 Å². The van der Waals surface area contributed by atoms with E-state index in [1.54, 1.807) is 0 Å². The number of aryl methyl sites for hydroxylation is 1. The van der Waals surface area contributed by atoms with E-state index in [9.17, 15) is 0 Å². The van der Waals surface area contributed by atoms with Gasteiger partial charge in [-0.2, -0.15) is 4.57 Å². The maximum atomic E-state index is 6.75. The standard InChI is InChI=1S/C28H26ClN2.BrH/c1-2-3-18-30-19-17-23-22-13-8-10-16-26(22)31(20-21-11-5-4-6-12-21)28(23)27(30)24-14-7-9-15-25(24)29;/h4-17,19H,2-3,18,20H2,1H3;1H/q+1;/p-1. The third-order valence-corrected chi connectivity index (χ3v) is 6.34. The molecular formula is C28H26BrClN2. The van der Waals surface area contributed by atoms with E-state index in [1.807, 2.05) is 12.1 Å². The van der Waals surface area contributed by atoms with Crippen molar-refractivity contribution in [2.45, 2.75) is 32.9 Å². The van der Waals surface area contributed by atoms with E-state index in [4.69, 9.17) is 11.6 Å². The molecule has 3 aromatic carbocycles. The van der Waals surface area contributed by atoms with Gasteiger partial charge in [-0.05, 0) is 23.8 Å². The van der Waals surface area contributed by atoms with E-state index in [0.717, 1.165) is 36.5 Å². The first-order chi connectivity index (χ1) is 15.3. The van der Waals surface area contributed by atoms with Gasteiger partial charge in [-0.1, -0.05) is 85.6 Å². The van der Waals surface area contributed by atoms with Gasteiger partial charge in [0.25, 0.3) is 0 Å². The van der Waals surface area contributed by atoms with Gasteiger partial charge >= 0.3 is 0 Å². The smallest absolute Gasteiger partial charge is 0.238 e. The number of hydrogen-bond donors (Lipinski definition) is 0. The first kappa shape index (κ1) is 22.6. The van der Waals surface area contributed by atoms with Crippen molar-refractivity contribution in [1.82, 2.24) is 4.57 Å². The van der Waals surface area contributed by atoms with Crippen LogP contribution < -0.4 is 21.5 Å². The summed E-state index contributed by atoms with van der Waals surface area (Å²) in [7, 11) is 0. The van der Waals surface area contributed by atoms with Gasteiger partial charge in [0.1, 0.15) is 12.1 Å². The Morgan fingerprint density at radius 3 is 2.31 bits per heavy atom. The Morgan fingerprint density at radius 1 is 0.812 bits per heavy atom. The molecule has 0 fully saturated rings. The van der Waals surface area contributed by atoms with Crippen molar-refractivity contribution in [1.29, 1.82) is 0 Å². The van der Waals surface area contributed by atoms with Crippen molar-refractivity contribution in [3.8, 4) is 11.3 Å². The maximum Gasteiger partial charge on any atom is 0.238 e. The molecule has 2 heterocycles. The number of hydrogen-bond acceptors (Lipinski definition) is 0. The lowest BCUT2D eigenvalue weighted by Crippen LogP contribution is -3.00. The van der Waals surface area contributed by atoms with Gasteiger partial charge in [0.15, 0.2) is 6.20 Å². The number of unbranched alkanes of at least 4 members (excludes halogenated alkanes) is 1. The van der Waals surface area contributed by atoms with Gasteiger partial charge in [0.2, 0.25) is 5.69 Å². The molecule has 0 N–H and O–H groups in total. The van der Waals surface area contributed by atoms with Crippen LogP contribution in [-0.2, 0) is 13.1 Å². The van der Waals surface area contributed by atoms with Gasteiger partial charge in [-0.15, -0.1) is 0 Å². The summed E-state index contributed by atoms with van der Waals surface area (Å²) < 4.78 is 4.84. The van der Waals surface area contributed by atoms with Crippen molar-refractivity contribution in [2.75, 3.05) is 0 Å². The molecule has 5 rings (SSSR count). The zero-order valence-electron chi connectivity index (χ0n) is 18.1. The van der Waals surface area contributed by atoms with Gasteiger partial charge in [-0.25, -0.2) is 0 Å². The van der Waals surface area contributed by atoms with E-state index < -0.39 is 0 Å². The van der Waals surface area contributed by atoms with Crippen LogP contribution in [0.15, 0.2) is 91.1 Å². The summed E-state index contributed by atoms with van der Waals surface area (Å²) in [4.78, 5) is 0. The summed E-state index contributed by atoms with van der Waals surface area (Å²) >= 11 is 6.75. The third kappa shape index (κ3) is 4.07. The van der Waals surface area contributed by atoms with E-state index in [1.165, 1.54) is 33.1 Å². The molecule has 0 aliphatic heterocycles. The second-order valence-electron chi connectivity index (χ2n) is 8.04. The molecule has 0 atom stereocenters. The van der Waals surface area contributed by atoms with Crippen molar-refractivity contribution >= 4 is 33.4 Å². The lowest BCUT2D eigenvalue weighted by molar-refractivity contribution is -0.685. The van der Waals surface area contributed by atoms with Gasteiger partial charge in [0, 0.05) is 35.3 Å². The van der Waals surface area contributed by atoms with Crippen LogP contribution in [0.5, 0.6) is 0 Å². The Morgan fingerprint density at radius 2 is 1.53 bits per heavy atom. The average molecular weight is 506 g/mol. The molecular weight excluding hydrogens is 480 g/mol. The SMILES string of the molecule is CCCC[n+]1ccc2c3ccccc3n(Cc3ccccc3)c2c1-c1ccccc1Cl.[Br-]. The van der Waals surface area contributed by atoms with Gasteiger partial charge < -0.3 is 21.5 Å². The van der Waals surface area contributed by atoms with E-state index >= 15 is 0 Å². The number of halogens is 2. The molecule has 0 bridgehead atoms. The molecule has 0 saturated carbocycles. The fourth-order valence-corrected chi connectivity index (χ4v) is 4.74. The average Bonchev–Trinajstić information content (AvgIpc) is 3.12. The number of benzene rings is 3. The number of aromatic nitrogens is 2. The van der Waals surface area contributed by atoms with Crippen molar-refractivity contribution in [3.63, 3.8) is 0 Å². The number of rotatable bonds is 6. The van der Waals surface area contributed by atoms with Crippen LogP contribution in [0.3, 0.4) is 0 Å². The van der Waals surface area contributed by atoms with E-state index in [-0.39, 0.29) is 17.0 Å². The minimum atomic E-state index is 0. The molecule has 4 heteroatoms. The lowest BCUT2D eigenvalue weighted by atomic mass is 10.1. The highest BCUT2D eigenvalue weighted by Gasteiger charge is 2.25. The first-order valence-corrected chi connectivity index (χ1v) is 11.4. The molecule has 5 aromatic rings. The molecule has 0 aliphatic rings. The summed E-state index contributed by atoms with van der Waals surface area (Å²) in [6, 6.07) is 29.9. The monoisotopic (exact) mass is 504 g/mol. The Labute approximate surface area is 204 Å². The molecule has 0 spiro atoms. The second kappa shape index (κ2) is 9.89. The lowest BCUT2D eigenvalue weighted by Gasteiger charge is -2.12. The van der Waals surface area contributed by atoms with E-state index in [2.05, 4.69) is 95.1 Å². The number of fused-ring (bicyclic) bond motifs is 3. The minimum absolute atomic E-state index is 0. The van der Waals surface area contributed by atoms with Crippen LogP contribution in [0.1, 0.15) is 25.3 Å². The predicted molar refractivity (Wildman–Crippen MR) is 131 cm³/mol. The highest BCUT2D eigenvalue weighted by Crippen LogP contribution is 2.36. The molecule has 2 nitrogen and oxygen atoms in total. The predicted octanol–water partition coefficient (Wildman–Crippen LogP) is 4.25. The largest absolute Gasteiger partial charge is 1.00 e. The molecule has 2 aromatic heterocycles. The summed E-state index contributed by atoms with van der Waals surface area (Å²) in [6.07, 6.45) is 4.52. The van der Waals surface area contributed by atoms with Crippen LogP contribution >= 0.6 is 11.6 Å². The fraction of sp³-hybridized carbons (Fsp3) is 0.179. The molecule has 0 unspecified atom stereocenters.